The van der Waals surface area contributed by atoms with Crippen molar-refractivity contribution in [2.24, 2.45) is 0 Å². The van der Waals surface area contributed by atoms with Crippen LogP contribution in [0.3, 0.4) is 0 Å². The average molecular weight is 282 g/mol. The van der Waals surface area contributed by atoms with Gasteiger partial charge in [0, 0.05) is 30.3 Å². The second kappa shape index (κ2) is 6.12. The first-order chi connectivity index (χ1) is 10.3. The molecule has 0 amide bonds. The second-order valence-corrected chi connectivity index (χ2v) is 5.65. The highest BCUT2D eigenvalue weighted by molar-refractivity contribution is 5.46. The van der Waals surface area contributed by atoms with Crippen LogP contribution in [0.4, 0.5) is 11.8 Å². The number of rotatable bonds is 6. The molecule has 2 atom stereocenters. The van der Waals surface area contributed by atoms with E-state index in [9.17, 15) is 0 Å². The molecule has 1 fully saturated rings. The van der Waals surface area contributed by atoms with Crippen molar-refractivity contribution >= 4 is 11.8 Å². The van der Waals surface area contributed by atoms with Crippen molar-refractivity contribution in [1.82, 2.24) is 9.97 Å². The van der Waals surface area contributed by atoms with Gasteiger partial charge in [-0.3, -0.25) is 0 Å². The molecular formula is C17H22N4. The topological polar surface area (TPSA) is 49.8 Å². The van der Waals surface area contributed by atoms with E-state index in [1.54, 1.807) is 0 Å². The number of aromatic nitrogens is 2. The molecule has 1 saturated carbocycles. The van der Waals surface area contributed by atoms with Gasteiger partial charge >= 0.3 is 0 Å². The van der Waals surface area contributed by atoms with Gasteiger partial charge in [0.15, 0.2) is 0 Å². The van der Waals surface area contributed by atoms with E-state index < -0.39 is 0 Å². The van der Waals surface area contributed by atoms with Crippen LogP contribution in [0.2, 0.25) is 0 Å². The van der Waals surface area contributed by atoms with Crippen LogP contribution < -0.4 is 10.6 Å². The van der Waals surface area contributed by atoms with Gasteiger partial charge in [-0.2, -0.15) is 4.98 Å². The molecule has 2 aromatic rings. The third-order valence-electron chi connectivity index (χ3n) is 3.74. The monoisotopic (exact) mass is 282 g/mol. The number of benzene rings is 1. The highest BCUT2D eigenvalue weighted by Gasteiger charge is 2.38. The highest BCUT2D eigenvalue weighted by atomic mass is 15.2. The number of aryl methyl sites for hydroxylation is 1. The van der Waals surface area contributed by atoms with Crippen molar-refractivity contribution in [1.29, 1.82) is 0 Å². The Balaban J connectivity index is 1.65. The summed E-state index contributed by atoms with van der Waals surface area (Å²) in [5.74, 6) is 2.24. The van der Waals surface area contributed by atoms with Crippen molar-refractivity contribution in [3.8, 4) is 0 Å². The Labute approximate surface area is 126 Å². The molecule has 1 aromatic carbocycles. The van der Waals surface area contributed by atoms with Crippen molar-refractivity contribution in [3.05, 3.63) is 47.7 Å². The summed E-state index contributed by atoms with van der Waals surface area (Å²) in [5.41, 5.74) is 2.40. The lowest BCUT2D eigenvalue weighted by Crippen LogP contribution is -2.10. The third-order valence-corrected chi connectivity index (χ3v) is 3.74. The number of anilines is 2. The number of hydrogen-bond donors (Lipinski definition) is 2. The van der Waals surface area contributed by atoms with Gasteiger partial charge in [0.05, 0.1) is 0 Å². The smallest absolute Gasteiger partial charge is 0.224 e. The molecule has 2 N–H and O–H groups in total. The van der Waals surface area contributed by atoms with E-state index in [0.29, 0.717) is 12.0 Å². The van der Waals surface area contributed by atoms with Crippen LogP contribution in [0.1, 0.15) is 36.9 Å². The predicted molar refractivity (Wildman–Crippen MR) is 86.8 cm³/mol. The van der Waals surface area contributed by atoms with E-state index in [4.69, 9.17) is 0 Å². The molecule has 4 heteroatoms. The normalized spacial score (nSPS) is 20.1. The Morgan fingerprint density at radius 3 is 2.76 bits per heavy atom. The van der Waals surface area contributed by atoms with E-state index in [2.05, 4.69) is 57.9 Å². The molecule has 1 aromatic heterocycles. The Morgan fingerprint density at radius 2 is 2.00 bits per heavy atom. The van der Waals surface area contributed by atoms with Crippen molar-refractivity contribution in [3.63, 3.8) is 0 Å². The maximum Gasteiger partial charge on any atom is 0.224 e. The Hall–Kier alpha value is -2.10. The molecular weight excluding hydrogens is 260 g/mol. The summed E-state index contributed by atoms with van der Waals surface area (Å²) in [5, 5.41) is 6.78. The van der Waals surface area contributed by atoms with E-state index >= 15 is 0 Å². The van der Waals surface area contributed by atoms with Crippen LogP contribution in [-0.2, 0) is 0 Å². The maximum absolute atomic E-state index is 4.55. The molecule has 3 rings (SSSR count). The lowest BCUT2D eigenvalue weighted by molar-refractivity contribution is 0.941. The minimum atomic E-state index is 0.487. The summed E-state index contributed by atoms with van der Waals surface area (Å²) in [6.07, 6.45) is 2.24. The van der Waals surface area contributed by atoms with Crippen LogP contribution in [0.15, 0.2) is 36.4 Å². The lowest BCUT2D eigenvalue weighted by atomic mass is 10.1. The van der Waals surface area contributed by atoms with Gasteiger partial charge < -0.3 is 10.6 Å². The standard InChI is InChI=1S/C17H22N4/c1-3-9-18-17-19-12(2)10-16(21-17)20-15-11-14(15)13-7-5-4-6-8-13/h4-8,10,14-15H,3,9,11H2,1-2H3,(H2,18,19,20,21). The molecule has 110 valence electrons. The highest BCUT2D eigenvalue weighted by Crippen LogP contribution is 2.42. The summed E-state index contributed by atoms with van der Waals surface area (Å²) < 4.78 is 0. The van der Waals surface area contributed by atoms with Gasteiger partial charge in [0.1, 0.15) is 5.82 Å². The largest absolute Gasteiger partial charge is 0.367 e. The van der Waals surface area contributed by atoms with Crippen LogP contribution in [-0.4, -0.2) is 22.6 Å². The molecule has 1 aliphatic rings. The maximum atomic E-state index is 4.55. The zero-order chi connectivity index (χ0) is 14.7. The minimum absolute atomic E-state index is 0.487. The molecule has 0 radical (unpaired) electrons. The van der Waals surface area contributed by atoms with Gasteiger partial charge in [0.2, 0.25) is 5.95 Å². The summed E-state index contributed by atoms with van der Waals surface area (Å²) in [6.45, 7) is 5.04. The second-order valence-electron chi connectivity index (χ2n) is 5.65. The summed E-state index contributed by atoms with van der Waals surface area (Å²) in [6, 6.07) is 13.2. The first-order valence-electron chi connectivity index (χ1n) is 7.67. The fourth-order valence-electron chi connectivity index (χ4n) is 2.57. The van der Waals surface area contributed by atoms with E-state index in [1.807, 2.05) is 13.0 Å². The van der Waals surface area contributed by atoms with Gasteiger partial charge in [-0.15, -0.1) is 0 Å². The Morgan fingerprint density at radius 1 is 1.19 bits per heavy atom. The van der Waals surface area contributed by atoms with Crippen molar-refractivity contribution in [2.45, 2.75) is 38.6 Å². The molecule has 0 spiro atoms. The molecule has 1 heterocycles. The molecule has 2 unspecified atom stereocenters. The summed E-state index contributed by atoms with van der Waals surface area (Å²) >= 11 is 0. The summed E-state index contributed by atoms with van der Waals surface area (Å²) in [4.78, 5) is 8.96. The fraction of sp³-hybridized carbons (Fsp3) is 0.412. The summed E-state index contributed by atoms with van der Waals surface area (Å²) in [7, 11) is 0. The number of hydrogen-bond acceptors (Lipinski definition) is 4. The molecule has 0 aliphatic heterocycles. The van der Waals surface area contributed by atoms with Crippen molar-refractivity contribution in [2.75, 3.05) is 17.2 Å². The third kappa shape index (κ3) is 3.51. The SMILES string of the molecule is CCCNc1nc(C)cc(NC2CC2c2ccccc2)n1. The molecule has 4 nitrogen and oxygen atoms in total. The van der Waals surface area contributed by atoms with Crippen LogP contribution in [0.25, 0.3) is 0 Å². The van der Waals surface area contributed by atoms with Gasteiger partial charge in [-0.25, -0.2) is 4.98 Å². The van der Waals surface area contributed by atoms with Gasteiger partial charge in [-0.05, 0) is 25.3 Å². The number of nitrogens with zero attached hydrogens (tertiary/aromatic N) is 2. The quantitative estimate of drug-likeness (QED) is 0.850. The Bertz CT molecular complexity index is 597. The van der Waals surface area contributed by atoms with Gasteiger partial charge in [0.25, 0.3) is 0 Å². The Kier molecular flexibility index (Phi) is 4.04. The molecule has 0 saturated heterocycles. The lowest BCUT2D eigenvalue weighted by Gasteiger charge is -2.09. The predicted octanol–water partition coefficient (Wildman–Crippen LogP) is 3.57. The van der Waals surface area contributed by atoms with E-state index in [-0.39, 0.29) is 0 Å². The van der Waals surface area contributed by atoms with Crippen LogP contribution in [0.5, 0.6) is 0 Å². The first-order valence-corrected chi connectivity index (χ1v) is 7.67. The van der Waals surface area contributed by atoms with E-state index in [0.717, 1.165) is 30.4 Å². The zero-order valence-corrected chi connectivity index (χ0v) is 12.6. The zero-order valence-electron chi connectivity index (χ0n) is 12.6. The van der Waals surface area contributed by atoms with Crippen LogP contribution >= 0.6 is 0 Å². The molecule has 0 bridgehead atoms. The molecule has 1 aliphatic carbocycles. The van der Waals surface area contributed by atoms with Crippen molar-refractivity contribution < 1.29 is 0 Å². The average Bonchev–Trinajstić information content (AvgIpc) is 3.24. The molecule has 21 heavy (non-hydrogen) atoms. The van der Waals surface area contributed by atoms with Crippen LogP contribution in [0, 0.1) is 6.92 Å². The van der Waals surface area contributed by atoms with E-state index in [1.165, 1.54) is 12.0 Å². The minimum Gasteiger partial charge on any atom is -0.367 e. The van der Waals surface area contributed by atoms with Gasteiger partial charge in [-0.1, -0.05) is 37.3 Å². The number of nitrogens with one attached hydrogen (secondary N) is 2. The fourth-order valence-corrected chi connectivity index (χ4v) is 2.57. The first kappa shape index (κ1) is 13.9.